The van der Waals surface area contributed by atoms with E-state index in [1.165, 1.54) is 12.5 Å². The van der Waals surface area contributed by atoms with Gasteiger partial charge >= 0.3 is 0 Å². The number of hydrogen-bond acceptors (Lipinski definition) is 8. The molecule has 9 nitrogen and oxygen atoms in total. The zero-order chi connectivity index (χ0) is 23.1. The molecule has 2 aliphatic heterocycles. The Bertz CT molecular complexity index is 1470. The van der Waals surface area contributed by atoms with Crippen LogP contribution in [0.15, 0.2) is 53.4 Å². The number of nitrogens with zero attached hydrogens (tertiary/aromatic N) is 6. The van der Waals surface area contributed by atoms with Crippen molar-refractivity contribution in [1.82, 2.24) is 24.4 Å². The lowest BCUT2D eigenvalue weighted by molar-refractivity contribution is -0.104. The maximum Gasteiger partial charge on any atom is 0.298 e. The second-order valence-corrected chi connectivity index (χ2v) is 8.55. The molecule has 2 fully saturated rings. The van der Waals surface area contributed by atoms with Gasteiger partial charge in [-0.05, 0) is 49.1 Å². The smallest absolute Gasteiger partial charge is 0.298 e. The minimum absolute atomic E-state index is 0.0771. The summed E-state index contributed by atoms with van der Waals surface area (Å²) < 4.78 is 7.87. The fourth-order valence-corrected chi connectivity index (χ4v) is 4.48. The van der Waals surface area contributed by atoms with Crippen LogP contribution in [-0.4, -0.2) is 56.4 Å². The number of likely N-dealkylation sites (tertiary alicyclic amines) is 1. The number of aldehydes is 1. The highest BCUT2D eigenvalue weighted by atomic mass is 16.4. The Hall–Kier alpha value is -4.16. The minimum Gasteiger partial charge on any atom is -0.423 e. The molecule has 34 heavy (non-hydrogen) atoms. The molecule has 0 radical (unpaired) electrons. The van der Waals surface area contributed by atoms with E-state index in [2.05, 4.69) is 31.6 Å². The quantitative estimate of drug-likeness (QED) is 0.285. The van der Waals surface area contributed by atoms with Crippen LogP contribution in [0.2, 0.25) is 0 Å². The summed E-state index contributed by atoms with van der Waals surface area (Å²) in [7, 11) is 0. The molecule has 2 aliphatic rings. The topological polar surface area (TPSA) is 106 Å². The highest BCUT2D eigenvalue weighted by Gasteiger charge is 2.32. The summed E-state index contributed by atoms with van der Waals surface area (Å²) in [5.74, 6) is 6.65. The van der Waals surface area contributed by atoms with Gasteiger partial charge in [-0.15, -0.1) is 0 Å². The van der Waals surface area contributed by atoms with Crippen LogP contribution in [0.25, 0.3) is 22.1 Å². The Balaban J connectivity index is 1.30. The van der Waals surface area contributed by atoms with Gasteiger partial charge in [-0.25, -0.2) is 9.97 Å². The maximum absolute atomic E-state index is 10.8. The van der Waals surface area contributed by atoms with Crippen molar-refractivity contribution in [3.8, 4) is 11.8 Å². The van der Waals surface area contributed by atoms with Crippen molar-refractivity contribution in [1.29, 1.82) is 0 Å². The number of rotatable bonds is 4. The van der Waals surface area contributed by atoms with Crippen LogP contribution in [-0.2, 0) is 4.79 Å². The predicted molar refractivity (Wildman–Crippen MR) is 128 cm³/mol. The molecule has 9 heteroatoms. The van der Waals surface area contributed by atoms with E-state index in [9.17, 15) is 4.79 Å². The Labute approximate surface area is 195 Å². The van der Waals surface area contributed by atoms with Crippen LogP contribution < -0.4 is 10.6 Å². The number of hydrogen-bond donors (Lipinski definition) is 1. The van der Waals surface area contributed by atoms with Gasteiger partial charge in [0.05, 0.1) is 0 Å². The number of fused-ring (bicyclic) bond motifs is 2. The second kappa shape index (κ2) is 8.32. The van der Waals surface area contributed by atoms with Crippen molar-refractivity contribution in [2.75, 3.05) is 24.5 Å². The zero-order valence-electron chi connectivity index (χ0n) is 18.5. The number of anilines is 1. The van der Waals surface area contributed by atoms with E-state index < -0.39 is 0 Å². The average Bonchev–Trinajstić information content (AvgIpc) is 3.50. The predicted octanol–water partition coefficient (Wildman–Crippen LogP) is 2.43. The third-order valence-electron chi connectivity index (χ3n) is 6.36. The van der Waals surface area contributed by atoms with Crippen molar-refractivity contribution < 1.29 is 9.21 Å². The molecule has 3 aromatic heterocycles. The first kappa shape index (κ1) is 20.4. The SMILES string of the molecule is NC1CCN(C=CC=O)C1n1ccc2cnc(C#Cc3ccc4oc(N5CCC5)nc4c3)nc21. The summed E-state index contributed by atoms with van der Waals surface area (Å²) in [5, 5.41) is 0.909. The molecule has 5 heterocycles. The summed E-state index contributed by atoms with van der Waals surface area (Å²) in [5.41, 5.74) is 9.52. The van der Waals surface area contributed by atoms with Crippen LogP contribution in [0.5, 0.6) is 0 Å². The standard InChI is InChI=1S/C25H23N7O2/c26-19-8-12-30(11-2-14-33)24(19)32-13-7-18-16-27-22(29-23(18)32)6-4-17-3-5-21-20(15-17)28-25(34-21)31-9-1-10-31/h2-3,5,7,11,13-16,19,24H,1,8-10,12,26H2. The van der Waals surface area contributed by atoms with Crippen molar-refractivity contribution in [3.63, 3.8) is 0 Å². The fraction of sp³-hybridized carbons (Fsp3) is 0.280. The number of allylic oxidation sites excluding steroid dienone is 1. The third kappa shape index (κ3) is 3.58. The fourth-order valence-electron chi connectivity index (χ4n) is 4.48. The first-order valence-corrected chi connectivity index (χ1v) is 11.3. The van der Waals surface area contributed by atoms with Crippen molar-refractivity contribution in [2.24, 2.45) is 5.73 Å². The van der Waals surface area contributed by atoms with Gasteiger partial charge in [-0.1, -0.05) is 5.92 Å². The Morgan fingerprint density at radius 1 is 1.15 bits per heavy atom. The number of oxazole rings is 1. The van der Waals surface area contributed by atoms with Gasteiger partial charge in [-0.2, -0.15) is 4.98 Å². The van der Waals surface area contributed by atoms with Crippen molar-refractivity contribution in [2.45, 2.75) is 25.0 Å². The van der Waals surface area contributed by atoms with Gasteiger partial charge in [0, 0.05) is 55.2 Å². The van der Waals surface area contributed by atoms with Gasteiger partial charge in [0.1, 0.15) is 23.6 Å². The maximum atomic E-state index is 10.8. The highest BCUT2D eigenvalue weighted by Crippen LogP contribution is 2.30. The highest BCUT2D eigenvalue weighted by molar-refractivity contribution is 5.77. The summed E-state index contributed by atoms with van der Waals surface area (Å²) in [4.78, 5) is 28.7. The van der Waals surface area contributed by atoms with E-state index in [0.717, 1.165) is 60.0 Å². The van der Waals surface area contributed by atoms with Crippen LogP contribution in [0.4, 0.5) is 6.01 Å². The second-order valence-electron chi connectivity index (χ2n) is 8.55. The number of carbonyl (C=O) groups excluding carboxylic acids is 1. The molecule has 2 saturated heterocycles. The lowest BCUT2D eigenvalue weighted by atomic mass is 10.2. The number of nitrogens with two attached hydrogens (primary N) is 1. The molecule has 0 amide bonds. The molecule has 2 unspecified atom stereocenters. The summed E-state index contributed by atoms with van der Waals surface area (Å²) in [6.07, 6.45) is 9.65. The molecule has 170 valence electrons. The van der Waals surface area contributed by atoms with Gasteiger partial charge in [0.25, 0.3) is 6.01 Å². The molecule has 6 rings (SSSR count). The molecule has 2 atom stereocenters. The van der Waals surface area contributed by atoms with Gasteiger partial charge in [-0.3, -0.25) is 4.79 Å². The monoisotopic (exact) mass is 453 g/mol. The lowest BCUT2D eigenvalue weighted by Crippen LogP contribution is -2.37. The molecule has 1 aromatic carbocycles. The third-order valence-corrected chi connectivity index (χ3v) is 6.36. The largest absolute Gasteiger partial charge is 0.423 e. The minimum atomic E-state index is -0.125. The summed E-state index contributed by atoms with van der Waals surface area (Å²) >= 11 is 0. The van der Waals surface area contributed by atoms with E-state index >= 15 is 0 Å². The average molecular weight is 454 g/mol. The molecule has 2 N–H and O–H groups in total. The molecular weight excluding hydrogens is 430 g/mol. The first-order chi connectivity index (χ1) is 16.7. The molecule has 0 saturated carbocycles. The molecular formula is C25H23N7O2. The number of carbonyl (C=O) groups is 1. The number of benzene rings is 1. The van der Waals surface area contributed by atoms with Crippen molar-refractivity contribution in [3.05, 3.63) is 60.3 Å². The summed E-state index contributed by atoms with van der Waals surface area (Å²) in [6.45, 7) is 2.74. The van der Waals surface area contributed by atoms with E-state index in [1.54, 1.807) is 12.4 Å². The van der Waals surface area contributed by atoms with E-state index in [1.807, 2.05) is 35.0 Å². The van der Waals surface area contributed by atoms with E-state index in [4.69, 9.17) is 15.1 Å². The Morgan fingerprint density at radius 2 is 2.06 bits per heavy atom. The Morgan fingerprint density at radius 3 is 2.88 bits per heavy atom. The molecule has 0 aliphatic carbocycles. The van der Waals surface area contributed by atoms with E-state index in [0.29, 0.717) is 11.8 Å². The van der Waals surface area contributed by atoms with Crippen LogP contribution >= 0.6 is 0 Å². The normalized spacial score (nSPS) is 20.1. The summed E-state index contributed by atoms with van der Waals surface area (Å²) in [6, 6.07) is 8.29. The lowest BCUT2D eigenvalue weighted by Gasteiger charge is -2.28. The molecule has 0 bridgehead atoms. The van der Waals surface area contributed by atoms with Crippen LogP contribution in [0.1, 0.15) is 30.4 Å². The van der Waals surface area contributed by atoms with Crippen LogP contribution in [0.3, 0.4) is 0 Å². The van der Waals surface area contributed by atoms with Gasteiger partial charge in [0.2, 0.25) is 5.82 Å². The molecule has 0 spiro atoms. The molecule has 4 aromatic rings. The zero-order valence-corrected chi connectivity index (χ0v) is 18.5. The Kier molecular flexibility index (Phi) is 5.00. The van der Waals surface area contributed by atoms with Gasteiger partial charge < -0.3 is 24.5 Å². The number of aromatic nitrogens is 4. The van der Waals surface area contributed by atoms with Crippen LogP contribution in [0, 0.1) is 11.8 Å². The first-order valence-electron chi connectivity index (χ1n) is 11.3. The van der Waals surface area contributed by atoms with E-state index in [-0.39, 0.29) is 12.2 Å². The van der Waals surface area contributed by atoms with Crippen molar-refractivity contribution >= 4 is 34.4 Å². The van der Waals surface area contributed by atoms with Gasteiger partial charge in [0.15, 0.2) is 5.58 Å².